The summed E-state index contributed by atoms with van der Waals surface area (Å²) in [5.74, 6) is 4.54. The summed E-state index contributed by atoms with van der Waals surface area (Å²) in [6.45, 7) is 2.96. The lowest BCUT2D eigenvalue weighted by Crippen LogP contribution is -2.36. The first kappa shape index (κ1) is 20.3. The second-order valence-electron chi connectivity index (χ2n) is 8.90. The highest BCUT2D eigenvalue weighted by Gasteiger charge is 2.21. The van der Waals surface area contributed by atoms with Crippen molar-refractivity contribution in [2.45, 2.75) is 57.8 Å². The van der Waals surface area contributed by atoms with Crippen LogP contribution in [-0.4, -0.2) is 32.4 Å². The van der Waals surface area contributed by atoms with E-state index in [9.17, 15) is 0 Å². The summed E-state index contributed by atoms with van der Waals surface area (Å²) in [4.78, 5) is 4.97. The molecule has 2 unspecified atom stereocenters. The summed E-state index contributed by atoms with van der Waals surface area (Å²) in [7, 11) is 0. The highest BCUT2D eigenvalue weighted by atomic mass is 16.7. The van der Waals surface area contributed by atoms with E-state index in [1.165, 1.54) is 57.8 Å². The molecule has 4 N–H and O–H groups in total. The van der Waals surface area contributed by atoms with E-state index in [2.05, 4.69) is 10.6 Å². The summed E-state index contributed by atoms with van der Waals surface area (Å²) in [6, 6.07) is 5.97. The van der Waals surface area contributed by atoms with Gasteiger partial charge in [-0.05, 0) is 68.5 Å². The predicted molar refractivity (Wildman–Crippen MR) is 118 cm³/mol. The van der Waals surface area contributed by atoms with Gasteiger partial charge < -0.3 is 25.8 Å². The van der Waals surface area contributed by atoms with E-state index >= 15 is 0 Å². The number of nitrogens with two attached hydrogens (primary N) is 1. The lowest BCUT2D eigenvalue weighted by Gasteiger charge is -2.27. The van der Waals surface area contributed by atoms with Gasteiger partial charge in [-0.1, -0.05) is 25.7 Å². The standard InChI is InChI=1S/C23H36N4O2/c24-13-18-7-4-8-19(11-18)15-26-23(25-14-17-5-2-1-3-6-17)27-20-9-10-21-22(12-20)29-16-28-21/h9-10,12,17-19H,1-8,11,13-16,24H2,(H2,25,26,27). The minimum Gasteiger partial charge on any atom is -0.454 e. The largest absolute Gasteiger partial charge is 0.454 e. The van der Waals surface area contributed by atoms with Crippen molar-refractivity contribution in [1.29, 1.82) is 0 Å². The van der Waals surface area contributed by atoms with E-state index in [-0.39, 0.29) is 0 Å². The molecule has 29 heavy (non-hydrogen) atoms. The molecule has 1 aromatic carbocycles. The fourth-order valence-electron chi connectivity index (χ4n) is 4.89. The van der Waals surface area contributed by atoms with E-state index in [0.717, 1.165) is 48.7 Å². The van der Waals surface area contributed by atoms with Gasteiger partial charge in [0.25, 0.3) is 0 Å². The van der Waals surface area contributed by atoms with Gasteiger partial charge in [0.15, 0.2) is 17.5 Å². The van der Waals surface area contributed by atoms with Crippen LogP contribution in [0, 0.1) is 17.8 Å². The Morgan fingerprint density at radius 1 is 0.966 bits per heavy atom. The Labute approximate surface area is 174 Å². The maximum atomic E-state index is 5.92. The molecule has 0 radical (unpaired) electrons. The van der Waals surface area contributed by atoms with Gasteiger partial charge in [0, 0.05) is 24.8 Å². The van der Waals surface area contributed by atoms with Crippen molar-refractivity contribution >= 4 is 11.6 Å². The number of hydrogen-bond acceptors (Lipinski definition) is 4. The normalized spacial score (nSPS) is 25.1. The minimum absolute atomic E-state index is 0.295. The van der Waals surface area contributed by atoms with Crippen molar-refractivity contribution in [1.82, 2.24) is 5.32 Å². The molecular formula is C23H36N4O2. The summed E-state index contributed by atoms with van der Waals surface area (Å²) < 4.78 is 10.9. The number of ether oxygens (including phenoxy) is 2. The van der Waals surface area contributed by atoms with E-state index in [4.69, 9.17) is 20.2 Å². The highest BCUT2D eigenvalue weighted by molar-refractivity contribution is 5.94. The molecule has 3 aliphatic rings. The number of aliphatic imine (C=N–C) groups is 1. The Hall–Kier alpha value is -1.95. The Kier molecular flexibility index (Phi) is 7.14. The minimum atomic E-state index is 0.295. The van der Waals surface area contributed by atoms with Gasteiger partial charge in [0.05, 0.1) is 0 Å². The van der Waals surface area contributed by atoms with Crippen molar-refractivity contribution < 1.29 is 9.47 Å². The molecule has 2 saturated carbocycles. The molecule has 160 valence electrons. The molecule has 2 aliphatic carbocycles. The van der Waals surface area contributed by atoms with Gasteiger partial charge in [-0.25, -0.2) is 0 Å². The van der Waals surface area contributed by atoms with Crippen LogP contribution in [0.4, 0.5) is 5.69 Å². The van der Waals surface area contributed by atoms with Crippen molar-refractivity contribution in [3.05, 3.63) is 18.2 Å². The topological polar surface area (TPSA) is 80.9 Å². The third-order valence-electron chi connectivity index (χ3n) is 6.65. The number of hydrogen-bond donors (Lipinski definition) is 3. The zero-order valence-electron chi connectivity index (χ0n) is 17.5. The monoisotopic (exact) mass is 400 g/mol. The van der Waals surface area contributed by atoms with Crippen LogP contribution in [0.2, 0.25) is 0 Å². The number of guanidine groups is 1. The number of fused-ring (bicyclic) bond motifs is 1. The first-order valence-electron chi connectivity index (χ1n) is 11.4. The second-order valence-corrected chi connectivity index (χ2v) is 8.90. The molecule has 0 amide bonds. The molecule has 2 atom stereocenters. The molecule has 0 aromatic heterocycles. The summed E-state index contributed by atoms with van der Waals surface area (Å²) in [5, 5.41) is 7.10. The smallest absolute Gasteiger partial charge is 0.231 e. The van der Waals surface area contributed by atoms with Gasteiger partial charge in [0.2, 0.25) is 6.79 Å². The molecule has 0 spiro atoms. The number of anilines is 1. The molecule has 1 aromatic rings. The van der Waals surface area contributed by atoms with Gasteiger partial charge >= 0.3 is 0 Å². The molecule has 6 nitrogen and oxygen atoms in total. The molecule has 4 rings (SSSR count). The van der Waals surface area contributed by atoms with Crippen LogP contribution < -0.4 is 25.8 Å². The maximum absolute atomic E-state index is 5.92. The number of rotatable bonds is 6. The van der Waals surface area contributed by atoms with Crippen LogP contribution in [0.5, 0.6) is 11.5 Å². The lowest BCUT2D eigenvalue weighted by molar-refractivity contribution is 0.174. The van der Waals surface area contributed by atoms with E-state index < -0.39 is 0 Å². The average molecular weight is 401 g/mol. The molecule has 1 heterocycles. The van der Waals surface area contributed by atoms with Crippen LogP contribution in [-0.2, 0) is 0 Å². The van der Waals surface area contributed by atoms with Gasteiger partial charge in [-0.2, -0.15) is 0 Å². The van der Waals surface area contributed by atoms with Crippen LogP contribution >= 0.6 is 0 Å². The van der Waals surface area contributed by atoms with E-state index in [0.29, 0.717) is 18.6 Å². The Bertz CT molecular complexity index is 687. The van der Waals surface area contributed by atoms with Crippen LogP contribution in [0.25, 0.3) is 0 Å². The Morgan fingerprint density at radius 2 is 1.76 bits per heavy atom. The van der Waals surface area contributed by atoms with Crippen LogP contribution in [0.1, 0.15) is 57.8 Å². The summed E-state index contributed by atoms with van der Waals surface area (Å²) >= 11 is 0. The summed E-state index contributed by atoms with van der Waals surface area (Å²) in [6.07, 6.45) is 11.8. The quantitative estimate of drug-likeness (QED) is 0.494. The van der Waals surface area contributed by atoms with Gasteiger partial charge in [-0.3, -0.25) is 4.99 Å². The second kappa shape index (κ2) is 10.2. The fraction of sp³-hybridized carbons (Fsp3) is 0.696. The maximum Gasteiger partial charge on any atom is 0.231 e. The lowest BCUT2D eigenvalue weighted by atomic mass is 9.81. The Morgan fingerprint density at radius 3 is 2.62 bits per heavy atom. The van der Waals surface area contributed by atoms with E-state index in [1.807, 2.05) is 18.2 Å². The zero-order chi connectivity index (χ0) is 19.9. The molecule has 6 heteroatoms. The van der Waals surface area contributed by atoms with Gasteiger partial charge in [-0.15, -0.1) is 0 Å². The molecule has 1 aliphatic heterocycles. The van der Waals surface area contributed by atoms with Crippen LogP contribution in [0.3, 0.4) is 0 Å². The first-order valence-corrected chi connectivity index (χ1v) is 11.4. The molecular weight excluding hydrogens is 364 g/mol. The SMILES string of the molecule is NCC1CCCC(CN=C(NCC2CCCCC2)Nc2ccc3c(c2)OCO3)C1. The zero-order valence-corrected chi connectivity index (χ0v) is 17.5. The van der Waals surface area contributed by atoms with Crippen molar-refractivity contribution in [3.63, 3.8) is 0 Å². The number of nitrogens with zero attached hydrogens (tertiary/aromatic N) is 1. The third kappa shape index (κ3) is 5.78. The van der Waals surface area contributed by atoms with Crippen LogP contribution in [0.15, 0.2) is 23.2 Å². The van der Waals surface area contributed by atoms with E-state index in [1.54, 1.807) is 0 Å². The average Bonchev–Trinajstić information content (AvgIpc) is 3.24. The summed E-state index contributed by atoms with van der Waals surface area (Å²) in [5.41, 5.74) is 6.90. The van der Waals surface area contributed by atoms with Gasteiger partial charge in [0.1, 0.15) is 0 Å². The molecule has 0 bridgehead atoms. The fourth-order valence-corrected chi connectivity index (χ4v) is 4.89. The first-order chi connectivity index (χ1) is 14.3. The Balaban J connectivity index is 1.39. The van der Waals surface area contributed by atoms with Crippen molar-refractivity contribution in [2.75, 3.05) is 31.7 Å². The number of benzene rings is 1. The van der Waals surface area contributed by atoms with Crippen molar-refractivity contribution in [3.8, 4) is 11.5 Å². The molecule has 2 fully saturated rings. The predicted octanol–water partition coefficient (Wildman–Crippen LogP) is 4.12. The van der Waals surface area contributed by atoms with Crippen molar-refractivity contribution in [2.24, 2.45) is 28.5 Å². The third-order valence-corrected chi connectivity index (χ3v) is 6.65. The highest BCUT2D eigenvalue weighted by Crippen LogP contribution is 2.34. The number of nitrogens with one attached hydrogen (secondary N) is 2. The molecule has 0 saturated heterocycles.